The Balaban J connectivity index is 2.26. The maximum absolute atomic E-state index is 5.71. The van der Waals surface area contributed by atoms with Gasteiger partial charge < -0.3 is 15.1 Å². The summed E-state index contributed by atoms with van der Waals surface area (Å²) in [6, 6.07) is 10.3. The molecule has 2 aromatic rings. The van der Waals surface area contributed by atoms with E-state index in [-0.39, 0.29) is 0 Å². The van der Waals surface area contributed by atoms with E-state index in [0.717, 1.165) is 18.8 Å². The molecule has 1 heterocycles. The zero-order valence-corrected chi connectivity index (χ0v) is 11.0. The third kappa shape index (κ3) is 2.74. The second-order valence-corrected chi connectivity index (χ2v) is 4.51. The van der Waals surface area contributed by atoms with Gasteiger partial charge in [-0.15, -0.1) is 0 Å². The fraction of sp³-hybridized carbons (Fsp3) is 0.333. The van der Waals surface area contributed by atoms with E-state index in [0.29, 0.717) is 6.54 Å². The molecule has 0 radical (unpaired) electrons. The number of rotatable bonds is 5. The maximum Gasteiger partial charge on any atom is 0.123 e. The molecular formula is C15H20N2O. The number of benzene rings is 1. The van der Waals surface area contributed by atoms with Crippen LogP contribution in [0, 0.1) is 13.8 Å². The van der Waals surface area contributed by atoms with Crippen LogP contribution in [0.3, 0.4) is 0 Å². The molecule has 0 aliphatic carbocycles. The second kappa shape index (κ2) is 5.74. The van der Waals surface area contributed by atoms with Crippen LogP contribution in [0.5, 0.6) is 0 Å². The summed E-state index contributed by atoms with van der Waals surface area (Å²) in [6.45, 7) is 6.50. The number of hydrogen-bond acceptors (Lipinski definition) is 3. The lowest BCUT2D eigenvalue weighted by molar-refractivity contribution is 0.502. The number of hydrogen-bond donors (Lipinski definition) is 1. The fourth-order valence-corrected chi connectivity index (χ4v) is 2.11. The predicted octanol–water partition coefficient (Wildman–Crippen LogP) is 2.86. The fourth-order valence-electron chi connectivity index (χ4n) is 2.11. The van der Waals surface area contributed by atoms with E-state index in [4.69, 9.17) is 10.2 Å². The molecule has 0 aliphatic rings. The van der Waals surface area contributed by atoms with Gasteiger partial charge in [0.25, 0.3) is 0 Å². The van der Waals surface area contributed by atoms with Crippen molar-refractivity contribution in [1.82, 2.24) is 0 Å². The molecular weight excluding hydrogens is 224 g/mol. The highest BCUT2D eigenvalue weighted by Gasteiger charge is 2.11. The number of nitrogens with two attached hydrogens (primary N) is 1. The van der Waals surface area contributed by atoms with Crippen LogP contribution in [-0.4, -0.2) is 13.1 Å². The van der Waals surface area contributed by atoms with Crippen LogP contribution < -0.4 is 10.6 Å². The summed E-state index contributed by atoms with van der Waals surface area (Å²) in [5.41, 5.74) is 9.55. The van der Waals surface area contributed by atoms with Crippen molar-refractivity contribution < 1.29 is 4.42 Å². The van der Waals surface area contributed by atoms with Gasteiger partial charge in [-0.25, -0.2) is 0 Å². The monoisotopic (exact) mass is 244 g/mol. The van der Waals surface area contributed by atoms with E-state index in [1.165, 1.54) is 16.8 Å². The van der Waals surface area contributed by atoms with E-state index >= 15 is 0 Å². The van der Waals surface area contributed by atoms with E-state index in [2.05, 4.69) is 36.9 Å². The van der Waals surface area contributed by atoms with Gasteiger partial charge in [0.15, 0.2) is 0 Å². The maximum atomic E-state index is 5.71. The summed E-state index contributed by atoms with van der Waals surface area (Å²) in [5, 5.41) is 0. The second-order valence-electron chi connectivity index (χ2n) is 4.51. The number of nitrogens with zero attached hydrogens (tertiary/aromatic N) is 1. The summed E-state index contributed by atoms with van der Waals surface area (Å²) >= 11 is 0. The molecule has 2 N–H and O–H groups in total. The van der Waals surface area contributed by atoms with Crippen LogP contribution in [-0.2, 0) is 6.54 Å². The minimum absolute atomic E-state index is 0.633. The molecule has 1 aromatic carbocycles. The Kier molecular flexibility index (Phi) is 4.05. The van der Waals surface area contributed by atoms with E-state index in [1.807, 2.05) is 12.1 Å². The number of aryl methyl sites for hydroxylation is 1. The van der Waals surface area contributed by atoms with Gasteiger partial charge in [0, 0.05) is 18.8 Å². The molecule has 0 spiro atoms. The summed E-state index contributed by atoms with van der Waals surface area (Å²) < 4.78 is 5.42. The van der Waals surface area contributed by atoms with Gasteiger partial charge in [0.1, 0.15) is 5.76 Å². The van der Waals surface area contributed by atoms with Crippen LogP contribution in [0.1, 0.15) is 16.9 Å². The van der Waals surface area contributed by atoms with Gasteiger partial charge in [-0.3, -0.25) is 0 Å². The molecule has 0 aliphatic heterocycles. The lowest BCUT2D eigenvalue weighted by Crippen LogP contribution is -2.29. The van der Waals surface area contributed by atoms with Crippen LogP contribution in [0.4, 0.5) is 5.69 Å². The average molecular weight is 244 g/mol. The van der Waals surface area contributed by atoms with E-state index in [9.17, 15) is 0 Å². The molecule has 0 unspecified atom stereocenters. The van der Waals surface area contributed by atoms with Crippen molar-refractivity contribution >= 4 is 5.69 Å². The standard InChI is InChI=1S/C15H20N2O/c1-12-5-3-7-15(13(12)2)17(9-8-16)11-14-6-4-10-18-14/h3-7,10H,8-9,11,16H2,1-2H3. The molecule has 1 aromatic heterocycles. The largest absolute Gasteiger partial charge is 0.467 e. The topological polar surface area (TPSA) is 42.4 Å². The van der Waals surface area contributed by atoms with Crippen LogP contribution in [0.25, 0.3) is 0 Å². The Morgan fingerprint density at radius 2 is 2.00 bits per heavy atom. The van der Waals surface area contributed by atoms with E-state index < -0.39 is 0 Å². The van der Waals surface area contributed by atoms with Gasteiger partial charge in [-0.05, 0) is 43.2 Å². The van der Waals surface area contributed by atoms with Gasteiger partial charge in [-0.1, -0.05) is 12.1 Å². The molecule has 0 fully saturated rings. The highest BCUT2D eigenvalue weighted by Crippen LogP contribution is 2.24. The molecule has 18 heavy (non-hydrogen) atoms. The van der Waals surface area contributed by atoms with Crippen molar-refractivity contribution in [2.75, 3.05) is 18.0 Å². The minimum Gasteiger partial charge on any atom is -0.467 e. The van der Waals surface area contributed by atoms with Crippen molar-refractivity contribution in [3.05, 3.63) is 53.5 Å². The first-order valence-electron chi connectivity index (χ1n) is 6.26. The third-order valence-corrected chi connectivity index (χ3v) is 3.24. The first-order valence-corrected chi connectivity index (χ1v) is 6.26. The summed E-state index contributed by atoms with van der Waals surface area (Å²) in [5.74, 6) is 0.962. The Morgan fingerprint density at radius 1 is 1.17 bits per heavy atom. The molecule has 0 saturated carbocycles. The van der Waals surface area contributed by atoms with Gasteiger partial charge in [0.05, 0.1) is 12.8 Å². The molecule has 0 saturated heterocycles. The van der Waals surface area contributed by atoms with Crippen LogP contribution in [0.15, 0.2) is 41.0 Å². The molecule has 3 nitrogen and oxygen atoms in total. The number of furan rings is 1. The normalized spacial score (nSPS) is 10.6. The Labute approximate surface area is 108 Å². The van der Waals surface area contributed by atoms with Crippen LogP contribution in [0.2, 0.25) is 0 Å². The van der Waals surface area contributed by atoms with Crippen LogP contribution >= 0.6 is 0 Å². The smallest absolute Gasteiger partial charge is 0.123 e. The predicted molar refractivity (Wildman–Crippen MR) is 74.7 cm³/mol. The van der Waals surface area contributed by atoms with Gasteiger partial charge in [-0.2, -0.15) is 0 Å². The molecule has 96 valence electrons. The lowest BCUT2D eigenvalue weighted by Gasteiger charge is -2.25. The Bertz CT molecular complexity index is 491. The molecule has 0 atom stereocenters. The quantitative estimate of drug-likeness (QED) is 0.879. The van der Waals surface area contributed by atoms with E-state index in [1.54, 1.807) is 6.26 Å². The van der Waals surface area contributed by atoms with Crippen molar-refractivity contribution in [3.8, 4) is 0 Å². The van der Waals surface area contributed by atoms with Gasteiger partial charge in [0.2, 0.25) is 0 Å². The third-order valence-electron chi connectivity index (χ3n) is 3.24. The molecule has 2 rings (SSSR count). The van der Waals surface area contributed by atoms with Crippen molar-refractivity contribution in [2.24, 2.45) is 5.73 Å². The SMILES string of the molecule is Cc1cccc(N(CCN)Cc2ccco2)c1C. The summed E-state index contributed by atoms with van der Waals surface area (Å²) in [6.07, 6.45) is 1.71. The first kappa shape index (κ1) is 12.7. The highest BCUT2D eigenvalue weighted by atomic mass is 16.3. The summed E-state index contributed by atoms with van der Waals surface area (Å²) in [4.78, 5) is 2.27. The van der Waals surface area contributed by atoms with Crippen molar-refractivity contribution in [2.45, 2.75) is 20.4 Å². The molecule has 0 bridgehead atoms. The first-order chi connectivity index (χ1) is 8.72. The zero-order valence-electron chi connectivity index (χ0n) is 11.0. The van der Waals surface area contributed by atoms with Gasteiger partial charge >= 0.3 is 0 Å². The summed E-state index contributed by atoms with van der Waals surface area (Å²) in [7, 11) is 0. The minimum atomic E-state index is 0.633. The molecule has 0 amide bonds. The lowest BCUT2D eigenvalue weighted by atomic mass is 10.1. The zero-order chi connectivity index (χ0) is 13.0. The highest BCUT2D eigenvalue weighted by molar-refractivity contribution is 5.56. The number of anilines is 1. The van der Waals surface area contributed by atoms with Crippen molar-refractivity contribution in [1.29, 1.82) is 0 Å². The average Bonchev–Trinajstić information content (AvgIpc) is 2.85. The van der Waals surface area contributed by atoms with Crippen molar-refractivity contribution in [3.63, 3.8) is 0 Å². The molecule has 3 heteroatoms. The Hall–Kier alpha value is -1.74. The Morgan fingerprint density at radius 3 is 2.67 bits per heavy atom.